The molecular weight excluding hydrogens is 295 g/mol. The Bertz CT molecular complexity index is 665. The molecular formula is C14H17FN2O3S. The molecule has 2 aliphatic rings. The zero-order chi connectivity index (χ0) is 15.0. The number of likely N-dealkylation sites (tertiary alicyclic amines) is 1. The number of hydrogen-bond donors (Lipinski definition) is 1. The van der Waals surface area contributed by atoms with E-state index in [1.54, 1.807) is 4.90 Å². The summed E-state index contributed by atoms with van der Waals surface area (Å²) >= 11 is 0. The highest BCUT2D eigenvalue weighted by atomic mass is 32.2. The summed E-state index contributed by atoms with van der Waals surface area (Å²) in [5.41, 5.74) is 0.217. The quantitative estimate of drug-likeness (QED) is 0.916. The molecule has 1 aromatic carbocycles. The van der Waals surface area contributed by atoms with E-state index in [1.807, 2.05) is 0 Å². The molecule has 1 amide bonds. The minimum absolute atomic E-state index is 0.104. The molecule has 1 N–H and O–H groups in total. The smallest absolute Gasteiger partial charge is 0.253 e. The van der Waals surface area contributed by atoms with Crippen LogP contribution in [0, 0.1) is 5.82 Å². The largest absolute Gasteiger partial charge is 0.339 e. The predicted molar refractivity (Wildman–Crippen MR) is 74.9 cm³/mol. The van der Waals surface area contributed by atoms with Gasteiger partial charge < -0.3 is 4.90 Å². The lowest BCUT2D eigenvalue weighted by molar-refractivity contribution is 0.0792. The molecule has 1 aromatic rings. The van der Waals surface area contributed by atoms with Gasteiger partial charge in [-0.2, -0.15) is 0 Å². The van der Waals surface area contributed by atoms with Crippen LogP contribution >= 0.6 is 0 Å². The molecule has 0 aromatic heterocycles. The molecule has 1 aliphatic heterocycles. The van der Waals surface area contributed by atoms with Crippen molar-refractivity contribution in [2.45, 2.75) is 36.6 Å². The molecule has 1 saturated carbocycles. The van der Waals surface area contributed by atoms with Gasteiger partial charge in [0.05, 0.1) is 0 Å². The SMILES string of the molecule is O=C(c1ccc(F)c(S(=O)(=O)NC2CC2)c1)N1CCCC1. The molecule has 114 valence electrons. The standard InChI is InChI=1S/C14H17FN2O3S/c15-12-6-3-10(14(18)17-7-1-2-8-17)9-13(12)21(19,20)16-11-4-5-11/h3,6,9,11,16H,1-2,4-5,7-8H2. The van der Waals surface area contributed by atoms with E-state index in [4.69, 9.17) is 0 Å². The summed E-state index contributed by atoms with van der Waals surface area (Å²) in [5, 5.41) is 0. The van der Waals surface area contributed by atoms with Gasteiger partial charge in [-0.05, 0) is 43.9 Å². The monoisotopic (exact) mass is 312 g/mol. The summed E-state index contributed by atoms with van der Waals surface area (Å²) in [6.45, 7) is 1.33. The van der Waals surface area contributed by atoms with Gasteiger partial charge in [-0.25, -0.2) is 17.5 Å². The van der Waals surface area contributed by atoms with E-state index in [0.29, 0.717) is 13.1 Å². The maximum absolute atomic E-state index is 13.8. The first-order chi connectivity index (χ1) is 9.97. The van der Waals surface area contributed by atoms with Crippen LogP contribution in [0.2, 0.25) is 0 Å². The summed E-state index contributed by atoms with van der Waals surface area (Å²) in [4.78, 5) is 13.5. The molecule has 3 rings (SSSR count). The van der Waals surface area contributed by atoms with Crippen molar-refractivity contribution in [1.82, 2.24) is 9.62 Å². The van der Waals surface area contributed by atoms with E-state index >= 15 is 0 Å². The molecule has 0 unspecified atom stereocenters. The second kappa shape index (κ2) is 5.38. The number of benzene rings is 1. The third kappa shape index (κ3) is 3.08. The van der Waals surface area contributed by atoms with E-state index in [0.717, 1.165) is 37.8 Å². The van der Waals surface area contributed by atoms with Crippen LogP contribution in [0.25, 0.3) is 0 Å². The lowest BCUT2D eigenvalue weighted by atomic mass is 10.2. The zero-order valence-electron chi connectivity index (χ0n) is 11.5. The van der Waals surface area contributed by atoms with E-state index in [9.17, 15) is 17.6 Å². The van der Waals surface area contributed by atoms with Crippen LogP contribution in [-0.4, -0.2) is 38.4 Å². The number of nitrogens with one attached hydrogen (secondary N) is 1. The Balaban J connectivity index is 1.90. The minimum Gasteiger partial charge on any atom is -0.339 e. The fourth-order valence-electron chi connectivity index (χ4n) is 2.43. The van der Waals surface area contributed by atoms with Crippen LogP contribution in [-0.2, 0) is 10.0 Å². The van der Waals surface area contributed by atoms with Crippen LogP contribution < -0.4 is 4.72 Å². The van der Waals surface area contributed by atoms with Gasteiger partial charge in [0, 0.05) is 24.7 Å². The average molecular weight is 312 g/mol. The molecule has 0 spiro atoms. The molecule has 5 nitrogen and oxygen atoms in total. The average Bonchev–Trinajstić information content (AvgIpc) is 3.07. The Hall–Kier alpha value is -1.47. The Morgan fingerprint density at radius 1 is 1.24 bits per heavy atom. The minimum atomic E-state index is -3.90. The number of carbonyl (C=O) groups is 1. The molecule has 0 atom stereocenters. The topological polar surface area (TPSA) is 66.5 Å². The normalized spacial score (nSPS) is 19.0. The Morgan fingerprint density at radius 3 is 2.52 bits per heavy atom. The lowest BCUT2D eigenvalue weighted by Crippen LogP contribution is -2.29. The summed E-state index contributed by atoms with van der Waals surface area (Å²) < 4.78 is 40.5. The van der Waals surface area contributed by atoms with Crippen LogP contribution in [0.3, 0.4) is 0 Å². The van der Waals surface area contributed by atoms with E-state index in [-0.39, 0.29) is 17.5 Å². The van der Waals surface area contributed by atoms with Crippen LogP contribution in [0.15, 0.2) is 23.1 Å². The first-order valence-corrected chi connectivity index (χ1v) is 8.57. The van der Waals surface area contributed by atoms with Gasteiger partial charge in [0.25, 0.3) is 5.91 Å². The number of carbonyl (C=O) groups excluding carboxylic acids is 1. The summed E-state index contributed by atoms with van der Waals surface area (Å²) in [5.74, 6) is -1.07. The number of rotatable bonds is 4. The summed E-state index contributed by atoms with van der Waals surface area (Å²) in [6, 6.07) is 3.42. The van der Waals surface area contributed by atoms with E-state index in [1.165, 1.54) is 6.07 Å². The Labute approximate surface area is 123 Å². The third-order valence-electron chi connectivity index (χ3n) is 3.76. The second-order valence-corrected chi connectivity index (χ2v) is 7.22. The molecule has 21 heavy (non-hydrogen) atoms. The van der Waals surface area contributed by atoms with Gasteiger partial charge in [-0.3, -0.25) is 4.79 Å². The van der Waals surface area contributed by atoms with Gasteiger partial charge in [-0.1, -0.05) is 0 Å². The highest BCUT2D eigenvalue weighted by molar-refractivity contribution is 7.89. The fourth-order valence-corrected chi connectivity index (χ4v) is 3.84. The van der Waals surface area contributed by atoms with Crippen LogP contribution in [0.1, 0.15) is 36.0 Å². The Kier molecular flexibility index (Phi) is 3.71. The fraction of sp³-hybridized carbons (Fsp3) is 0.500. The number of halogens is 1. The van der Waals surface area contributed by atoms with Gasteiger partial charge in [0.2, 0.25) is 10.0 Å². The van der Waals surface area contributed by atoms with Crippen molar-refractivity contribution in [3.05, 3.63) is 29.6 Å². The van der Waals surface area contributed by atoms with Crippen molar-refractivity contribution >= 4 is 15.9 Å². The molecule has 0 radical (unpaired) electrons. The van der Waals surface area contributed by atoms with Gasteiger partial charge >= 0.3 is 0 Å². The molecule has 1 saturated heterocycles. The predicted octanol–water partition coefficient (Wildman–Crippen LogP) is 1.50. The Morgan fingerprint density at radius 2 is 1.90 bits per heavy atom. The van der Waals surface area contributed by atoms with Crippen molar-refractivity contribution in [1.29, 1.82) is 0 Å². The molecule has 2 fully saturated rings. The molecule has 1 aliphatic carbocycles. The van der Waals surface area contributed by atoms with Crippen molar-refractivity contribution in [3.8, 4) is 0 Å². The van der Waals surface area contributed by atoms with Gasteiger partial charge in [0.1, 0.15) is 10.7 Å². The van der Waals surface area contributed by atoms with E-state index in [2.05, 4.69) is 4.72 Å². The summed E-state index contributed by atoms with van der Waals surface area (Å²) in [6.07, 6.45) is 3.43. The van der Waals surface area contributed by atoms with Crippen molar-refractivity contribution in [3.63, 3.8) is 0 Å². The van der Waals surface area contributed by atoms with Gasteiger partial charge in [0.15, 0.2) is 0 Å². The van der Waals surface area contributed by atoms with Crippen LogP contribution in [0.5, 0.6) is 0 Å². The maximum atomic E-state index is 13.8. The highest BCUT2D eigenvalue weighted by Crippen LogP contribution is 2.24. The highest BCUT2D eigenvalue weighted by Gasteiger charge is 2.30. The van der Waals surface area contributed by atoms with Crippen LogP contribution in [0.4, 0.5) is 4.39 Å². The number of nitrogens with zero attached hydrogens (tertiary/aromatic N) is 1. The number of amides is 1. The zero-order valence-corrected chi connectivity index (χ0v) is 12.3. The van der Waals surface area contributed by atoms with Crippen molar-refractivity contribution < 1.29 is 17.6 Å². The van der Waals surface area contributed by atoms with Crippen molar-refractivity contribution in [2.75, 3.05) is 13.1 Å². The lowest BCUT2D eigenvalue weighted by Gasteiger charge is -2.16. The van der Waals surface area contributed by atoms with Gasteiger partial charge in [-0.15, -0.1) is 0 Å². The third-order valence-corrected chi connectivity index (χ3v) is 5.30. The molecule has 1 heterocycles. The first kappa shape index (κ1) is 14.5. The number of hydrogen-bond acceptors (Lipinski definition) is 3. The first-order valence-electron chi connectivity index (χ1n) is 7.08. The maximum Gasteiger partial charge on any atom is 0.253 e. The van der Waals surface area contributed by atoms with Crippen molar-refractivity contribution in [2.24, 2.45) is 0 Å². The second-order valence-electron chi connectivity index (χ2n) is 5.54. The molecule has 7 heteroatoms. The van der Waals surface area contributed by atoms with E-state index < -0.39 is 20.7 Å². The number of sulfonamides is 1. The summed E-state index contributed by atoms with van der Waals surface area (Å²) in [7, 11) is -3.90. The molecule has 0 bridgehead atoms.